The van der Waals surface area contributed by atoms with Crippen molar-refractivity contribution in [1.29, 1.82) is 0 Å². The highest BCUT2D eigenvalue weighted by Crippen LogP contribution is 2.32. The lowest BCUT2D eigenvalue weighted by Gasteiger charge is -2.02. The molecule has 0 fully saturated rings. The largest absolute Gasteiger partial charge is 0.454 e. The summed E-state index contributed by atoms with van der Waals surface area (Å²) in [6, 6.07) is 10.8. The van der Waals surface area contributed by atoms with Gasteiger partial charge in [0.1, 0.15) is 0 Å². The summed E-state index contributed by atoms with van der Waals surface area (Å²) in [6.07, 6.45) is 5.85. The molecule has 0 unspecified atom stereocenters. The first kappa shape index (κ1) is 22.1. The summed E-state index contributed by atoms with van der Waals surface area (Å²) in [6.45, 7) is 0.422. The van der Waals surface area contributed by atoms with E-state index in [1.807, 2.05) is 12.1 Å². The van der Waals surface area contributed by atoms with Crippen molar-refractivity contribution in [2.75, 3.05) is 13.6 Å². The Morgan fingerprint density at radius 1 is 0.697 bits per heavy atom. The molecule has 2 heterocycles. The number of carbonyl (C=O) groups excluding carboxylic acids is 2. The standard InChI is InChI=1S/C23H24N4O6/c28-22(26-24-12-16-6-8-18-20(10-16)32-14-30-18)4-2-1-3-5-23(29)27-25-13-17-7-9-19-21(11-17)33-15-31-19/h6-13H,1-5,14-15H2,(H,26,28)(H,27,29). The Kier molecular flexibility index (Phi) is 7.36. The number of benzene rings is 2. The molecule has 2 aromatic carbocycles. The van der Waals surface area contributed by atoms with Crippen LogP contribution in [-0.4, -0.2) is 37.8 Å². The minimum absolute atomic E-state index is 0.176. The summed E-state index contributed by atoms with van der Waals surface area (Å²) < 4.78 is 21.1. The van der Waals surface area contributed by atoms with Gasteiger partial charge in [0.2, 0.25) is 25.4 Å². The zero-order chi connectivity index (χ0) is 22.9. The minimum Gasteiger partial charge on any atom is -0.454 e. The maximum atomic E-state index is 11.9. The normalized spacial score (nSPS) is 13.6. The number of hydrogen-bond donors (Lipinski definition) is 2. The molecule has 2 N–H and O–H groups in total. The highest BCUT2D eigenvalue weighted by atomic mass is 16.7. The monoisotopic (exact) mass is 452 g/mol. The lowest BCUT2D eigenvalue weighted by Crippen LogP contribution is -2.18. The molecule has 2 aliphatic rings. The number of nitrogens with zero attached hydrogens (tertiary/aromatic N) is 2. The first-order valence-electron chi connectivity index (χ1n) is 10.6. The summed E-state index contributed by atoms with van der Waals surface area (Å²) >= 11 is 0. The van der Waals surface area contributed by atoms with Gasteiger partial charge >= 0.3 is 0 Å². The fourth-order valence-electron chi connectivity index (χ4n) is 3.20. The average Bonchev–Trinajstić information content (AvgIpc) is 3.47. The number of hydrogen-bond acceptors (Lipinski definition) is 8. The van der Waals surface area contributed by atoms with Gasteiger partial charge in [-0.05, 0) is 60.4 Å². The van der Waals surface area contributed by atoms with E-state index in [0.29, 0.717) is 48.7 Å². The van der Waals surface area contributed by atoms with Crippen molar-refractivity contribution < 1.29 is 28.5 Å². The topological polar surface area (TPSA) is 120 Å². The van der Waals surface area contributed by atoms with Gasteiger partial charge in [-0.2, -0.15) is 10.2 Å². The van der Waals surface area contributed by atoms with E-state index in [4.69, 9.17) is 18.9 Å². The molecular weight excluding hydrogens is 428 g/mol. The molecule has 0 saturated heterocycles. The van der Waals surface area contributed by atoms with E-state index >= 15 is 0 Å². The summed E-state index contributed by atoms with van der Waals surface area (Å²) in [7, 11) is 0. The van der Waals surface area contributed by atoms with Crippen molar-refractivity contribution in [3.05, 3.63) is 47.5 Å². The number of nitrogens with one attached hydrogen (secondary N) is 2. The molecule has 0 bridgehead atoms. The maximum Gasteiger partial charge on any atom is 0.240 e. The van der Waals surface area contributed by atoms with Crippen LogP contribution in [0.1, 0.15) is 43.2 Å². The van der Waals surface area contributed by atoms with E-state index in [-0.39, 0.29) is 25.4 Å². The van der Waals surface area contributed by atoms with Gasteiger partial charge in [-0.3, -0.25) is 9.59 Å². The number of amides is 2. The van der Waals surface area contributed by atoms with Crippen molar-refractivity contribution in [2.45, 2.75) is 32.1 Å². The molecule has 2 aromatic rings. The van der Waals surface area contributed by atoms with E-state index in [9.17, 15) is 9.59 Å². The fraction of sp³-hybridized carbons (Fsp3) is 0.304. The molecule has 2 amide bonds. The molecular formula is C23H24N4O6. The van der Waals surface area contributed by atoms with Crippen LogP contribution >= 0.6 is 0 Å². The van der Waals surface area contributed by atoms with Crippen molar-refractivity contribution in [3.8, 4) is 23.0 Å². The number of unbranched alkanes of at least 4 members (excludes halogenated alkanes) is 2. The van der Waals surface area contributed by atoms with Crippen LogP contribution in [0.4, 0.5) is 0 Å². The molecule has 0 atom stereocenters. The molecule has 10 nitrogen and oxygen atoms in total. The molecule has 33 heavy (non-hydrogen) atoms. The second kappa shape index (κ2) is 11.0. The number of ether oxygens (including phenoxy) is 4. The highest BCUT2D eigenvalue weighted by Gasteiger charge is 2.13. The summed E-state index contributed by atoms with van der Waals surface area (Å²) in [5.41, 5.74) is 6.60. The third kappa shape index (κ3) is 6.45. The summed E-state index contributed by atoms with van der Waals surface area (Å²) in [5, 5.41) is 7.91. The second-order valence-corrected chi connectivity index (χ2v) is 7.37. The highest BCUT2D eigenvalue weighted by molar-refractivity contribution is 5.84. The van der Waals surface area contributed by atoms with Gasteiger partial charge in [0.25, 0.3) is 0 Å². The van der Waals surface area contributed by atoms with Crippen LogP contribution in [0.2, 0.25) is 0 Å². The SMILES string of the molecule is O=C(CCCCCC(=O)NN=Cc1ccc2c(c1)OCO2)NN=Cc1ccc2c(c1)OCO2. The van der Waals surface area contributed by atoms with Crippen molar-refractivity contribution >= 4 is 24.2 Å². The Morgan fingerprint density at radius 2 is 1.15 bits per heavy atom. The third-order valence-electron chi connectivity index (χ3n) is 4.91. The number of rotatable bonds is 10. The zero-order valence-electron chi connectivity index (χ0n) is 17.9. The van der Waals surface area contributed by atoms with Crippen LogP contribution in [0, 0.1) is 0 Å². The molecule has 172 valence electrons. The maximum absolute atomic E-state index is 11.9. The molecule has 2 aliphatic heterocycles. The van der Waals surface area contributed by atoms with Gasteiger partial charge in [0.05, 0.1) is 12.4 Å². The van der Waals surface area contributed by atoms with Crippen LogP contribution in [0.15, 0.2) is 46.6 Å². The second-order valence-electron chi connectivity index (χ2n) is 7.37. The molecule has 4 rings (SSSR count). The van der Waals surface area contributed by atoms with Crippen LogP contribution in [0.5, 0.6) is 23.0 Å². The molecule has 0 radical (unpaired) electrons. The Morgan fingerprint density at radius 3 is 1.64 bits per heavy atom. The van der Waals surface area contributed by atoms with Crippen molar-refractivity contribution in [2.24, 2.45) is 10.2 Å². The van der Waals surface area contributed by atoms with Crippen LogP contribution in [0.25, 0.3) is 0 Å². The van der Waals surface area contributed by atoms with Crippen molar-refractivity contribution in [3.63, 3.8) is 0 Å². The van der Waals surface area contributed by atoms with Crippen LogP contribution in [0.3, 0.4) is 0 Å². The predicted molar refractivity (Wildman–Crippen MR) is 120 cm³/mol. The molecule has 0 aliphatic carbocycles. The Balaban J connectivity index is 1.06. The van der Waals surface area contributed by atoms with E-state index in [2.05, 4.69) is 21.1 Å². The molecule has 0 spiro atoms. The zero-order valence-corrected chi connectivity index (χ0v) is 17.9. The Labute approximate surface area is 190 Å². The van der Waals surface area contributed by atoms with Gasteiger partial charge in [-0.1, -0.05) is 6.42 Å². The third-order valence-corrected chi connectivity index (χ3v) is 4.91. The predicted octanol–water partition coefficient (Wildman–Crippen LogP) is 2.69. The molecule has 10 heteroatoms. The van der Waals surface area contributed by atoms with Gasteiger partial charge < -0.3 is 18.9 Å². The van der Waals surface area contributed by atoms with Gasteiger partial charge in [0.15, 0.2) is 23.0 Å². The van der Waals surface area contributed by atoms with E-state index in [1.165, 1.54) is 0 Å². The Hall–Kier alpha value is -4.08. The first-order chi connectivity index (χ1) is 16.2. The fourth-order valence-corrected chi connectivity index (χ4v) is 3.20. The molecule has 0 aromatic heterocycles. The number of fused-ring (bicyclic) bond motifs is 2. The van der Waals surface area contributed by atoms with Crippen LogP contribution in [-0.2, 0) is 9.59 Å². The minimum atomic E-state index is -0.176. The first-order valence-corrected chi connectivity index (χ1v) is 10.6. The summed E-state index contributed by atoms with van der Waals surface area (Å²) in [5.74, 6) is 2.36. The van der Waals surface area contributed by atoms with Gasteiger partial charge in [-0.25, -0.2) is 10.9 Å². The van der Waals surface area contributed by atoms with Crippen LogP contribution < -0.4 is 29.8 Å². The smallest absolute Gasteiger partial charge is 0.240 e. The Bertz CT molecular complexity index is 985. The van der Waals surface area contributed by atoms with Gasteiger partial charge in [-0.15, -0.1) is 0 Å². The van der Waals surface area contributed by atoms with Gasteiger partial charge in [0, 0.05) is 12.8 Å². The number of hydrazone groups is 2. The lowest BCUT2D eigenvalue weighted by molar-refractivity contribution is -0.121. The van der Waals surface area contributed by atoms with E-state index in [1.54, 1.807) is 36.7 Å². The average molecular weight is 452 g/mol. The summed E-state index contributed by atoms with van der Waals surface area (Å²) in [4.78, 5) is 23.8. The molecule has 0 saturated carbocycles. The quantitative estimate of drug-likeness (QED) is 0.325. The van der Waals surface area contributed by atoms with E-state index in [0.717, 1.165) is 17.5 Å². The van der Waals surface area contributed by atoms with Crippen molar-refractivity contribution in [1.82, 2.24) is 10.9 Å². The number of carbonyl (C=O) groups is 2. The van der Waals surface area contributed by atoms with E-state index < -0.39 is 0 Å². The lowest BCUT2D eigenvalue weighted by atomic mass is 10.1.